The van der Waals surface area contributed by atoms with E-state index in [9.17, 15) is 4.39 Å². The fourth-order valence-corrected chi connectivity index (χ4v) is 3.32. The highest BCUT2D eigenvalue weighted by molar-refractivity contribution is 5.40. The van der Waals surface area contributed by atoms with Gasteiger partial charge in [-0.2, -0.15) is 4.98 Å². The molecule has 1 unspecified atom stereocenters. The number of halogens is 1. The van der Waals surface area contributed by atoms with Crippen molar-refractivity contribution in [1.29, 1.82) is 0 Å². The average molecular weight is 317 g/mol. The van der Waals surface area contributed by atoms with Gasteiger partial charge in [-0.25, -0.2) is 4.39 Å². The van der Waals surface area contributed by atoms with Gasteiger partial charge in [0.2, 0.25) is 0 Å². The highest BCUT2D eigenvalue weighted by Gasteiger charge is 2.29. The third-order valence-electron chi connectivity index (χ3n) is 4.63. The number of alkyl halides is 1. The Labute approximate surface area is 134 Å². The molecule has 1 N–H and O–H groups in total. The monoisotopic (exact) mass is 317 g/mol. The Balaban J connectivity index is 1.45. The van der Waals surface area contributed by atoms with Gasteiger partial charge >= 0.3 is 0 Å². The molecule has 1 atom stereocenters. The molecule has 0 radical (unpaired) electrons. The Morgan fingerprint density at radius 3 is 3.04 bits per heavy atom. The number of nitrogens with one attached hydrogen (secondary N) is 1. The molecule has 6 heteroatoms. The maximum atomic E-state index is 14.5. The van der Waals surface area contributed by atoms with Crippen molar-refractivity contribution in [2.75, 3.05) is 19.7 Å². The highest BCUT2D eigenvalue weighted by atomic mass is 19.1. The number of aromatic nitrogens is 2. The molecule has 0 spiro atoms. The van der Waals surface area contributed by atoms with Crippen LogP contribution in [0.5, 0.6) is 5.75 Å². The first-order valence-corrected chi connectivity index (χ1v) is 8.21. The van der Waals surface area contributed by atoms with Crippen LogP contribution in [0.1, 0.15) is 41.9 Å². The van der Waals surface area contributed by atoms with Crippen LogP contribution in [0.15, 0.2) is 22.7 Å². The lowest BCUT2D eigenvalue weighted by Gasteiger charge is -2.23. The molecule has 3 heterocycles. The van der Waals surface area contributed by atoms with Crippen LogP contribution in [0.25, 0.3) is 0 Å². The average Bonchev–Trinajstić information content (AvgIpc) is 3.24. The fraction of sp³-hybridized carbons (Fsp3) is 0.529. The van der Waals surface area contributed by atoms with Gasteiger partial charge in [0, 0.05) is 18.8 Å². The standard InChI is InChI=1S/C17H20FN3O2/c18-16(12-3-6-19-7-4-12)17-20-15(21-23-17)10-11-1-2-14-13(9-11)5-8-22-14/h1-2,9,12,16,19H,3-8,10H2. The van der Waals surface area contributed by atoms with E-state index in [0.29, 0.717) is 12.2 Å². The third kappa shape index (κ3) is 3.08. The summed E-state index contributed by atoms with van der Waals surface area (Å²) in [5.41, 5.74) is 2.31. The highest BCUT2D eigenvalue weighted by Crippen LogP contribution is 2.31. The van der Waals surface area contributed by atoms with Crippen LogP contribution in [-0.4, -0.2) is 29.8 Å². The molecule has 1 fully saturated rings. The molecule has 0 saturated carbocycles. The minimum atomic E-state index is -1.16. The number of ether oxygens (including phenoxy) is 1. The normalized spacial score (nSPS) is 19.3. The van der Waals surface area contributed by atoms with Gasteiger partial charge < -0.3 is 14.6 Å². The predicted octanol–water partition coefficient (Wildman–Crippen LogP) is 2.61. The Morgan fingerprint density at radius 2 is 2.17 bits per heavy atom. The van der Waals surface area contributed by atoms with E-state index in [1.807, 2.05) is 12.1 Å². The van der Waals surface area contributed by atoms with Gasteiger partial charge in [0.1, 0.15) is 5.75 Å². The van der Waals surface area contributed by atoms with E-state index < -0.39 is 6.17 Å². The molecular formula is C17H20FN3O2. The lowest BCUT2D eigenvalue weighted by atomic mass is 9.93. The van der Waals surface area contributed by atoms with Crippen molar-refractivity contribution < 1.29 is 13.7 Å². The van der Waals surface area contributed by atoms with E-state index in [1.165, 1.54) is 5.56 Å². The molecule has 2 aromatic rings. The number of piperidine rings is 1. The molecule has 0 amide bonds. The number of benzene rings is 1. The van der Waals surface area contributed by atoms with Crippen LogP contribution in [0, 0.1) is 5.92 Å². The first-order chi connectivity index (χ1) is 11.3. The lowest BCUT2D eigenvalue weighted by Crippen LogP contribution is -2.29. The summed E-state index contributed by atoms with van der Waals surface area (Å²) in [5, 5.41) is 7.18. The van der Waals surface area contributed by atoms with Crippen LogP contribution < -0.4 is 10.1 Å². The molecular weight excluding hydrogens is 297 g/mol. The van der Waals surface area contributed by atoms with Gasteiger partial charge in [0.25, 0.3) is 5.89 Å². The summed E-state index contributed by atoms with van der Waals surface area (Å²) in [6.45, 7) is 2.44. The smallest absolute Gasteiger partial charge is 0.261 e. The number of hydrogen-bond donors (Lipinski definition) is 1. The fourth-order valence-electron chi connectivity index (χ4n) is 3.32. The SMILES string of the molecule is FC(c1nc(Cc2ccc3c(c2)CCO3)no1)C1CCNCC1. The Kier molecular flexibility index (Phi) is 3.99. The second-order valence-electron chi connectivity index (χ2n) is 6.26. The summed E-state index contributed by atoms with van der Waals surface area (Å²) in [5.74, 6) is 1.59. The summed E-state index contributed by atoms with van der Waals surface area (Å²) in [7, 11) is 0. The van der Waals surface area contributed by atoms with Gasteiger partial charge in [-0.15, -0.1) is 0 Å². The van der Waals surface area contributed by atoms with Crippen molar-refractivity contribution in [3.05, 3.63) is 41.0 Å². The Morgan fingerprint density at radius 1 is 1.30 bits per heavy atom. The second-order valence-corrected chi connectivity index (χ2v) is 6.26. The van der Waals surface area contributed by atoms with Crippen molar-refractivity contribution in [3.63, 3.8) is 0 Å². The predicted molar refractivity (Wildman–Crippen MR) is 82.2 cm³/mol. The molecule has 122 valence electrons. The van der Waals surface area contributed by atoms with Crippen molar-refractivity contribution in [1.82, 2.24) is 15.5 Å². The van der Waals surface area contributed by atoms with Crippen molar-refractivity contribution in [3.8, 4) is 5.75 Å². The number of hydrogen-bond acceptors (Lipinski definition) is 5. The minimum absolute atomic E-state index is 0.0262. The molecule has 0 aliphatic carbocycles. The maximum absolute atomic E-state index is 14.5. The summed E-state index contributed by atoms with van der Waals surface area (Å²) >= 11 is 0. The van der Waals surface area contributed by atoms with Crippen molar-refractivity contribution in [2.24, 2.45) is 5.92 Å². The lowest BCUT2D eigenvalue weighted by molar-refractivity contribution is 0.147. The van der Waals surface area contributed by atoms with Crippen LogP contribution in [0.2, 0.25) is 0 Å². The first kappa shape index (κ1) is 14.6. The zero-order valence-electron chi connectivity index (χ0n) is 12.9. The summed E-state index contributed by atoms with van der Waals surface area (Å²) < 4.78 is 25.2. The van der Waals surface area contributed by atoms with Crippen LogP contribution >= 0.6 is 0 Å². The molecule has 1 aromatic carbocycles. The van der Waals surface area contributed by atoms with E-state index in [4.69, 9.17) is 9.26 Å². The molecule has 2 aliphatic rings. The Bertz CT molecular complexity index is 682. The van der Waals surface area contributed by atoms with Crippen LogP contribution in [0.3, 0.4) is 0 Å². The number of fused-ring (bicyclic) bond motifs is 1. The second kappa shape index (κ2) is 6.28. The molecule has 23 heavy (non-hydrogen) atoms. The van der Waals surface area contributed by atoms with E-state index in [2.05, 4.69) is 21.5 Å². The largest absolute Gasteiger partial charge is 0.493 e. The van der Waals surface area contributed by atoms with Gasteiger partial charge in [-0.3, -0.25) is 0 Å². The first-order valence-electron chi connectivity index (χ1n) is 8.21. The molecule has 5 nitrogen and oxygen atoms in total. The van der Waals surface area contributed by atoms with E-state index in [-0.39, 0.29) is 11.8 Å². The summed E-state index contributed by atoms with van der Waals surface area (Å²) in [6, 6.07) is 6.09. The van der Waals surface area contributed by atoms with Gasteiger partial charge in [-0.1, -0.05) is 17.3 Å². The quantitative estimate of drug-likeness (QED) is 0.939. The van der Waals surface area contributed by atoms with E-state index in [0.717, 1.165) is 50.3 Å². The zero-order chi connectivity index (χ0) is 15.6. The number of nitrogens with zero attached hydrogens (tertiary/aromatic N) is 2. The molecule has 0 bridgehead atoms. The van der Waals surface area contributed by atoms with Gasteiger partial charge in [0.15, 0.2) is 12.0 Å². The van der Waals surface area contributed by atoms with Crippen LogP contribution in [0.4, 0.5) is 4.39 Å². The summed E-state index contributed by atoms with van der Waals surface area (Å²) in [4.78, 5) is 4.27. The van der Waals surface area contributed by atoms with Crippen LogP contribution in [-0.2, 0) is 12.8 Å². The van der Waals surface area contributed by atoms with Crippen molar-refractivity contribution in [2.45, 2.75) is 31.9 Å². The van der Waals surface area contributed by atoms with Gasteiger partial charge in [0.05, 0.1) is 6.61 Å². The zero-order valence-corrected chi connectivity index (χ0v) is 12.9. The summed E-state index contributed by atoms with van der Waals surface area (Å²) in [6.07, 6.45) is 1.94. The molecule has 1 aromatic heterocycles. The molecule has 2 aliphatic heterocycles. The maximum Gasteiger partial charge on any atom is 0.261 e. The molecule has 1 saturated heterocycles. The molecule has 4 rings (SSSR count). The van der Waals surface area contributed by atoms with E-state index >= 15 is 0 Å². The van der Waals surface area contributed by atoms with Crippen molar-refractivity contribution >= 4 is 0 Å². The Hall–Kier alpha value is -1.95. The van der Waals surface area contributed by atoms with Gasteiger partial charge in [-0.05, 0) is 43.1 Å². The van der Waals surface area contributed by atoms with E-state index in [1.54, 1.807) is 0 Å². The number of rotatable bonds is 4. The third-order valence-corrected chi connectivity index (χ3v) is 4.63. The minimum Gasteiger partial charge on any atom is -0.493 e. The topological polar surface area (TPSA) is 60.2 Å².